The molecule has 32 heavy (non-hydrogen) atoms. The molecule has 0 bridgehead atoms. The van der Waals surface area contributed by atoms with E-state index in [2.05, 4.69) is 4.72 Å². The maximum Gasteiger partial charge on any atom is 0.339 e. The molecule has 0 saturated heterocycles. The van der Waals surface area contributed by atoms with Crippen LogP contribution in [0.4, 0.5) is 0 Å². The third kappa shape index (κ3) is 4.92. The summed E-state index contributed by atoms with van der Waals surface area (Å²) in [5.41, 5.74) is 2.59. The molecular formula is C24H27NO6S. The number of aryl methyl sites for hydroxylation is 3. The number of hydrogen-bond donors (Lipinski definition) is 1. The first kappa shape index (κ1) is 23.7. The monoisotopic (exact) mass is 457 g/mol. The first-order chi connectivity index (χ1) is 15.0. The van der Waals surface area contributed by atoms with Gasteiger partial charge >= 0.3 is 11.6 Å². The standard InChI is InChI=1S/C24H27NO6S/c1-6-7-19(25-32(28,29)18-10-8-14(2)9-11-18)24(27)31-21-13-15(3)12-20-22(21)16(4)17(5)23(26)30-20/h8-13,19,25H,6-7H2,1-5H3/t19-/m0/s1. The number of ether oxygens (including phenoxy) is 1. The molecule has 0 aliphatic rings. The molecule has 0 amide bonds. The average Bonchev–Trinajstić information content (AvgIpc) is 2.71. The van der Waals surface area contributed by atoms with Gasteiger partial charge < -0.3 is 9.15 Å². The Hall–Kier alpha value is -2.97. The van der Waals surface area contributed by atoms with Crippen molar-refractivity contribution in [2.45, 2.75) is 58.4 Å². The van der Waals surface area contributed by atoms with Crippen molar-refractivity contribution >= 4 is 27.0 Å². The lowest BCUT2D eigenvalue weighted by molar-refractivity contribution is -0.136. The quantitative estimate of drug-likeness (QED) is 0.326. The maximum absolute atomic E-state index is 13.0. The van der Waals surface area contributed by atoms with Gasteiger partial charge in [-0.1, -0.05) is 31.0 Å². The zero-order valence-corrected chi connectivity index (χ0v) is 19.6. The number of sulfonamides is 1. The minimum atomic E-state index is -3.92. The van der Waals surface area contributed by atoms with Gasteiger partial charge in [0.1, 0.15) is 17.4 Å². The summed E-state index contributed by atoms with van der Waals surface area (Å²) in [7, 11) is -3.92. The largest absolute Gasteiger partial charge is 0.425 e. The number of nitrogens with one attached hydrogen (secondary N) is 1. The molecule has 3 aromatic rings. The highest BCUT2D eigenvalue weighted by Crippen LogP contribution is 2.31. The summed E-state index contributed by atoms with van der Waals surface area (Å²) in [4.78, 5) is 25.2. The summed E-state index contributed by atoms with van der Waals surface area (Å²) < 4.78 is 39.2. The van der Waals surface area contributed by atoms with Gasteiger partial charge in [0.2, 0.25) is 10.0 Å². The Labute approximate surface area is 187 Å². The van der Waals surface area contributed by atoms with E-state index < -0.39 is 27.7 Å². The number of carbonyl (C=O) groups excluding carboxylic acids is 1. The highest BCUT2D eigenvalue weighted by Gasteiger charge is 2.28. The molecule has 8 heteroatoms. The Morgan fingerprint density at radius 1 is 1.03 bits per heavy atom. The lowest BCUT2D eigenvalue weighted by Crippen LogP contribution is -2.42. The Balaban J connectivity index is 1.96. The molecule has 0 aliphatic heterocycles. The van der Waals surface area contributed by atoms with Crippen molar-refractivity contribution in [2.24, 2.45) is 0 Å². The molecule has 3 rings (SSSR count). The fourth-order valence-electron chi connectivity index (χ4n) is 3.43. The molecule has 1 aromatic heterocycles. The Morgan fingerprint density at radius 2 is 1.69 bits per heavy atom. The third-order valence-electron chi connectivity index (χ3n) is 5.36. The van der Waals surface area contributed by atoms with Crippen molar-refractivity contribution in [3.8, 4) is 5.75 Å². The topological polar surface area (TPSA) is 103 Å². The molecule has 1 atom stereocenters. The van der Waals surface area contributed by atoms with Crippen LogP contribution in [-0.2, 0) is 14.8 Å². The zero-order valence-electron chi connectivity index (χ0n) is 18.8. The van der Waals surface area contributed by atoms with Crippen molar-refractivity contribution in [3.63, 3.8) is 0 Å². The predicted octanol–water partition coefficient (Wildman–Crippen LogP) is 4.08. The van der Waals surface area contributed by atoms with Gasteiger partial charge in [-0.3, -0.25) is 0 Å². The van der Waals surface area contributed by atoms with E-state index in [4.69, 9.17) is 9.15 Å². The van der Waals surface area contributed by atoms with Crippen LogP contribution in [0.3, 0.4) is 0 Å². The van der Waals surface area contributed by atoms with Crippen LogP contribution in [0.1, 0.15) is 42.0 Å². The van der Waals surface area contributed by atoms with Crippen molar-refractivity contribution < 1.29 is 22.4 Å². The van der Waals surface area contributed by atoms with Gasteiger partial charge in [-0.25, -0.2) is 18.0 Å². The number of esters is 1. The molecular weight excluding hydrogens is 430 g/mol. The number of hydrogen-bond acceptors (Lipinski definition) is 6. The second-order valence-electron chi connectivity index (χ2n) is 7.97. The molecule has 0 radical (unpaired) electrons. The fourth-order valence-corrected chi connectivity index (χ4v) is 4.65. The number of benzene rings is 2. The van der Waals surface area contributed by atoms with Crippen LogP contribution >= 0.6 is 0 Å². The van der Waals surface area contributed by atoms with Crippen molar-refractivity contribution in [3.05, 3.63) is 69.1 Å². The molecule has 1 heterocycles. The average molecular weight is 458 g/mol. The smallest absolute Gasteiger partial charge is 0.339 e. The third-order valence-corrected chi connectivity index (χ3v) is 6.85. The Bertz CT molecular complexity index is 1320. The highest BCUT2D eigenvalue weighted by molar-refractivity contribution is 7.89. The molecule has 0 fully saturated rings. The molecule has 0 spiro atoms. The highest BCUT2D eigenvalue weighted by atomic mass is 32.2. The van der Waals surface area contributed by atoms with Crippen LogP contribution < -0.4 is 15.1 Å². The van der Waals surface area contributed by atoms with E-state index in [1.54, 1.807) is 45.0 Å². The number of fused-ring (bicyclic) bond motifs is 1. The fraction of sp³-hybridized carbons (Fsp3) is 0.333. The molecule has 1 N–H and O–H groups in total. The second kappa shape index (κ2) is 9.26. The van der Waals surface area contributed by atoms with Gasteiger partial charge in [0, 0.05) is 5.56 Å². The van der Waals surface area contributed by atoms with Crippen LogP contribution in [0.5, 0.6) is 5.75 Å². The second-order valence-corrected chi connectivity index (χ2v) is 9.69. The molecule has 0 aliphatic carbocycles. The SMILES string of the molecule is CCC[C@H](NS(=O)(=O)c1ccc(C)cc1)C(=O)Oc1cc(C)cc2oc(=O)c(C)c(C)c12. The summed E-state index contributed by atoms with van der Waals surface area (Å²) in [6.45, 7) is 8.89. The lowest BCUT2D eigenvalue weighted by atomic mass is 10.0. The van der Waals surface area contributed by atoms with E-state index in [1.165, 1.54) is 12.1 Å². The Kier molecular flexibility index (Phi) is 6.85. The van der Waals surface area contributed by atoms with Gasteiger partial charge in [-0.15, -0.1) is 0 Å². The van der Waals surface area contributed by atoms with Gasteiger partial charge in [0.15, 0.2) is 0 Å². The summed E-state index contributed by atoms with van der Waals surface area (Å²) >= 11 is 0. The van der Waals surface area contributed by atoms with Crippen molar-refractivity contribution in [1.82, 2.24) is 4.72 Å². The van der Waals surface area contributed by atoms with Crippen LogP contribution in [0.15, 0.2) is 50.5 Å². The number of carbonyl (C=O) groups is 1. The van der Waals surface area contributed by atoms with Gasteiger partial charge in [0.05, 0.1) is 10.3 Å². The lowest BCUT2D eigenvalue weighted by Gasteiger charge is -2.18. The van der Waals surface area contributed by atoms with Gasteiger partial charge in [-0.05, 0) is 69.5 Å². The summed E-state index contributed by atoms with van der Waals surface area (Å²) in [5.74, 6) is -0.498. The normalized spacial score (nSPS) is 12.7. The van der Waals surface area contributed by atoms with Gasteiger partial charge in [0.25, 0.3) is 0 Å². The number of rotatable bonds is 7. The summed E-state index contributed by atoms with van der Waals surface area (Å²) in [6, 6.07) is 8.68. The van der Waals surface area contributed by atoms with E-state index in [1.807, 2.05) is 13.8 Å². The summed E-state index contributed by atoms with van der Waals surface area (Å²) in [5, 5.41) is 0.512. The van der Waals surface area contributed by atoms with Crippen LogP contribution in [0.25, 0.3) is 11.0 Å². The Morgan fingerprint density at radius 3 is 2.31 bits per heavy atom. The summed E-state index contributed by atoms with van der Waals surface area (Å²) in [6.07, 6.45) is 0.832. The molecule has 2 aromatic carbocycles. The molecule has 7 nitrogen and oxygen atoms in total. The van der Waals surface area contributed by atoms with E-state index in [0.717, 1.165) is 11.1 Å². The molecule has 0 unspecified atom stereocenters. The van der Waals surface area contributed by atoms with Crippen molar-refractivity contribution in [1.29, 1.82) is 0 Å². The predicted molar refractivity (Wildman–Crippen MR) is 123 cm³/mol. The van der Waals surface area contributed by atoms with Crippen LogP contribution in [0, 0.1) is 27.7 Å². The molecule has 170 valence electrons. The zero-order chi connectivity index (χ0) is 23.6. The van der Waals surface area contributed by atoms with E-state index in [-0.39, 0.29) is 17.1 Å². The van der Waals surface area contributed by atoms with E-state index >= 15 is 0 Å². The van der Waals surface area contributed by atoms with Crippen molar-refractivity contribution in [2.75, 3.05) is 0 Å². The van der Waals surface area contributed by atoms with E-state index in [0.29, 0.717) is 28.5 Å². The minimum absolute atomic E-state index is 0.0752. The van der Waals surface area contributed by atoms with Crippen LogP contribution in [-0.4, -0.2) is 20.4 Å². The minimum Gasteiger partial charge on any atom is -0.425 e. The molecule has 0 saturated carbocycles. The first-order valence-electron chi connectivity index (χ1n) is 10.4. The maximum atomic E-state index is 13.0. The van der Waals surface area contributed by atoms with E-state index in [9.17, 15) is 18.0 Å². The van der Waals surface area contributed by atoms with Crippen LogP contribution in [0.2, 0.25) is 0 Å². The first-order valence-corrected chi connectivity index (χ1v) is 11.9. The van der Waals surface area contributed by atoms with Gasteiger partial charge in [-0.2, -0.15) is 4.72 Å².